The maximum absolute atomic E-state index is 14.9. The average molecular weight is 271 g/mol. The predicted molar refractivity (Wildman–Crippen MR) is 79.3 cm³/mol. The first-order chi connectivity index (χ1) is 9.70. The van der Waals surface area contributed by atoms with Gasteiger partial charge in [0.25, 0.3) is 0 Å². The van der Waals surface area contributed by atoms with Crippen LogP contribution < -0.4 is 10.1 Å². The quantitative estimate of drug-likeness (QED) is 0.910. The van der Waals surface area contributed by atoms with Gasteiger partial charge in [-0.3, -0.25) is 0 Å². The van der Waals surface area contributed by atoms with Gasteiger partial charge in [-0.25, -0.2) is 4.39 Å². The first-order valence-electron chi connectivity index (χ1n) is 6.85. The van der Waals surface area contributed by atoms with Crippen molar-refractivity contribution in [3.8, 4) is 5.75 Å². The van der Waals surface area contributed by atoms with E-state index in [4.69, 9.17) is 4.74 Å². The summed E-state index contributed by atoms with van der Waals surface area (Å²) in [6.45, 7) is 2.81. The number of hydrogen-bond acceptors (Lipinski definition) is 2. The minimum Gasteiger partial charge on any atom is -0.497 e. The first kappa shape index (κ1) is 13.0. The fourth-order valence-electron chi connectivity index (χ4n) is 2.80. The van der Waals surface area contributed by atoms with E-state index < -0.39 is 6.17 Å². The van der Waals surface area contributed by atoms with Crippen LogP contribution >= 0.6 is 0 Å². The molecule has 1 unspecified atom stereocenters. The number of halogens is 1. The number of rotatable bonds is 3. The van der Waals surface area contributed by atoms with Crippen LogP contribution in [0.1, 0.15) is 28.4 Å². The number of hydrogen-bond donors (Lipinski definition) is 1. The summed E-state index contributed by atoms with van der Waals surface area (Å²) >= 11 is 0. The molecule has 0 amide bonds. The minimum atomic E-state index is -1.11. The van der Waals surface area contributed by atoms with Crippen molar-refractivity contribution < 1.29 is 9.13 Å². The van der Waals surface area contributed by atoms with Crippen molar-refractivity contribution in [2.45, 2.75) is 19.5 Å². The molecule has 1 aliphatic rings. The van der Waals surface area contributed by atoms with Crippen molar-refractivity contribution in [1.82, 2.24) is 0 Å². The van der Waals surface area contributed by atoms with Crippen molar-refractivity contribution in [3.05, 3.63) is 58.7 Å². The van der Waals surface area contributed by atoms with Gasteiger partial charge in [0.15, 0.2) is 6.17 Å². The molecule has 2 aromatic carbocycles. The minimum absolute atomic E-state index is 0.702. The van der Waals surface area contributed by atoms with E-state index in [1.54, 1.807) is 7.11 Å². The van der Waals surface area contributed by atoms with E-state index in [0.717, 1.165) is 35.5 Å². The lowest BCUT2D eigenvalue weighted by Crippen LogP contribution is -2.02. The van der Waals surface area contributed by atoms with Gasteiger partial charge in [0.05, 0.1) is 7.11 Å². The summed E-state index contributed by atoms with van der Waals surface area (Å²) in [5.41, 5.74) is 4.51. The molecule has 0 radical (unpaired) electrons. The topological polar surface area (TPSA) is 21.3 Å². The smallest absolute Gasteiger partial charge is 0.152 e. The van der Waals surface area contributed by atoms with Gasteiger partial charge in [0.2, 0.25) is 0 Å². The van der Waals surface area contributed by atoms with Crippen LogP contribution in [-0.4, -0.2) is 13.7 Å². The zero-order chi connectivity index (χ0) is 14.1. The summed E-state index contributed by atoms with van der Waals surface area (Å²) in [4.78, 5) is 0. The Morgan fingerprint density at radius 2 is 2.05 bits per heavy atom. The highest BCUT2D eigenvalue weighted by Crippen LogP contribution is 2.37. The lowest BCUT2D eigenvalue weighted by atomic mass is 9.95. The van der Waals surface area contributed by atoms with Gasteiger partial charge in [-0.05, 0) is 42.2 Å². The molecule has 20 heavy (non-hydrogen) atoms. The molecule has 0 spiro atoms. The number of alkyl halides is 1. The maximum atomic E-state index is 14.9. The van der Waals surface area contributed by atoms with E-state index in [1.165, 1.54) is 5.56 Å². The van der Waals surface area contributed by atoms with Gasteiger partial charge in [0.1, 0.15) is 5.75 Å². The molecular formula is C17H18FNO. The summed E-state index contributed by atoms with van der Waals surface area (Å²) in [7, 11) is 1.62. The number of para-hydroxylation sites is 1. The largest absolute Gasteiger partial charge is 0.497 e. The molecule has 0 fully saturated rings. The van der Waals surface area contributed by atoms with E-state index in [9.17, 15) is 4.39 Å². The molecule has 1 heterocycles. The van der Waals surface area contributed by atoms with Crippen LogP contribution in [0.3, 0.4) is 0 Å². The van der Waals surface area contributed by atoms with Crippen LogP contribution in [0.5, 0.6) is 5.75 Å². The van der Waals surface area contributed by atoms with Gasteiger partial charge in [-0.1, -0.05) is 24.3 Å². The third-order valence-corrected chi connectivity index (χ3v) is 3.90. The second kappa shape index (κ2) is 5.16. The molecule has 2 aromatic rings. The van der Waals surface area contributed by atoms with E-state index >= 15 is 0 Å². The molecule has 1 N–H and O–H groups in total. The molecule has 0 aromatic heterocycles. The van der Waals surface area contributed by atoms with Crippen molar-refractivity contribution in [2.75, 3.05) is 19.0 Å². The van der Waals surface area contributed by atoms with E-state index in [0.29, 0.717) is 5.56 Å². The normalized spacial score (nSPS) is 14.6. The number of ether oxygens (including phenoxy) is 1. The molecule has 104 valence electrons. The van der Waals surface area contributed by atoms with Crippen LogP contribution in [0, 0.1) is 6.92 Å². The summed E-state index contributed by atoms with van der Waals surface area (Å²) in [5, 5.41) is 3.30. The van der Waals surface area contributed by atoms with Gasteiger partial charge >= 0.3 is 0 Å². The van der Waals surface area contributed by atoms with E-state index in [-0.39, 0.29) is 0 Å². The first-order valence-corrected chi connectivity index (χ1v) is 6.85. The van der Waals surface area contributed by atoms with Crippen LogP contribution in [0.15, 0.2) is 36.4 Å². The number of fused-ring (bicyclic) bond motifs is 1. The molecule has 1 aliphatic heterocycles. The standard InChI is InChI=1S/C17H18FNO/c1-11-10-13(20-2)6-7-14(11)16(18)15-5-3-4-12-8-9-19-17(12)15/h3-7,10,16,19H,8-9H2,1-2H3. The molecule has 0 bridgehead atoms. The summed E-state index contributed by atoms with van der Waals surface area (Å²) in [6.07, 6.45) is -0.140. The van der Waals surface area contributed by atoms with Crippen molar-refractivity contribution in [1.29, 1.82) is 0 Å². The number of methoxy groups -OCH3 is 1. The molecule has 1 atom stereocenters. The van der Waals surface area contributed by atoms with Gasteiger partial charge < -0.3 is 10.1 Å². The predicted octanol–water partition coefficient (Wildman–Crippen LogP) is 4.03. The Morgan fingerprint density at radius 1 is 1.20 bits per heavy atom. The third-order valence-electron chi connectivity index (χ3n) is 3.90. The monoisotopic (exact) mass is 271 g/mol. The summed E-state index contributed by atoms with van der Waals surface area (Å²) in [5.74, 6) is 0.759. The lowest BCUT2D eigenvalue weighted by Gasteiger charge is -2.16. The molecule has 0 saturated heterocycles. The van der Waals surface area contributed by atoms with Crippen LogP contribution in [0.2, 0.25) is 0 Å². The molecule has 0 saturated carbocycles. The average Bonchev–Trinajstić information content (AvgIpc) is 2.94. The zero-order valence-electron chi connectivity index (χ0n) is 11.7. The summed E-state index contributed by atoms with van der Waals surface area (Å²) < 4.78 is 20.1. The second-order valence-corrected chi connectivity index (χ2v) is 5.14. The van der Waals surface area contributed by atoms with Gasteiger partial charge in [-0.2, -0.15) is 0 Å². The van der Waals surface area contributed by atoms with Crippen molar-refractivity contribution >= 4 is 5.69 Å². The Balaban J connectivity index is 2.01. The number of nitrogens with one attached hydrogen (secondary N) is 1. The Hall–Kier alpha value is -2.03. The fraction of sp³-hybridized carbons (Fsp3) is 0.294. The van der Waals surface area contributed by atoms with Crippen molar-refractivity contribution in [3.63, 3.8) is 0 Å². The molecule has 3 rings (SSSR count). The van der Waals surface area contributed by atoms with Gasteiger partial charge in [-0.15, -0.1) is 0 Å². The second-order valence-electron chi connectivity index (χ2n) is 5.14. The summed E-state index contributed by atoms with van der Waals surface area (Å²) in [6, 6.07) is 11.4. The van der Waals surface area contributed by atoms with E-state index in [2.05, 4.69) is 11.4 Å². The SMILES string of the molecule is COc1ccc(C(F)c2cccc3c2NCC3)c(C)c1. The highest BCUT2D eigenvalue weighted by atomic mass is 19.1. The molecular weight excluding hydrogens is 253 g/mol. The van der Waals surface area contributed by atoms with Crippen LogP contribution in [-0.2, 0) is 6.42 Å². The third kappa shape index (κ3) is 2.13. The maximum Gasteiger partial charge on any atom is 0.152 e. The Kier molecular flexibility index (Phi) is 3.35. The Morgan fingerprint density at radius 3 is 2.80 bits per heavy atom. The number of anilines is 1. The Bertz CT molecular complexity index is 639. The molecule has 3 heteroatoms. The van der Waals surface area contributed by atoms with Crippen LogP contribution in [0.25, 0.3) is 0 Å². The number of aryl methyl sites for hydroxylation is 1. The zero-order valence-corrected chi connectivity index (χ0v) is 11.7. The van der Waals surface area contributed by atoms with E-state index in [1.807, 2.05) is 37.3 Å². The molecule has 2 nitrogen and oxygen atoms in total. The fourth-order valence-corrected chi connectivity index (χ4v) is 2.80. The highest BCUT2D eigenvalue weighted by Gasteiger charge is 2.22. The molecule has 0 aliphatic carbocycles. The van der Waals surface area contributed by atoms with Gasteiger partial charge in [0, 0.05) is 17.8 Å². The van der Waals surface area contributed by atoms with Crippen molar-refractivity contribution in [2.24, 2.45) is 0 Å². The Labute approximate surface area is 118 Å². The van der Waals surface area contributed by atoms with Crippen LogP contribution in [0.4, 0.5) is 10.1 Å². The lowest BCUT2D eigenvalue weighted by molar-refractivity contribution is 0.397. The highest BCUT2D eigenvalue weighted by molar-refractivity contribution is 5.63. The number of benzene rings is 2.